The zero-order valence-electron chi connectivity index (χ0n) is 11.3. The Labute approximate surface area is 110 Å². The number of rotatable bonds is 2. The third-order valence-electron chi connectivity index (χ3n) is 4.81. The molecule has 2 aliphatic carbocycles. The van der Waals surface area contributed by atoms with Crippen LogP contribution in [-0.2, 0) is 0 Å². The molecule has 0 nitrogen and oxygen atoms in total. The Morgan fingerprint density at radius 1 is 1.06 bits per heavy atom. The minimum atomic E-state index is 0.748. The number of aryl methyl sites for hydroxylation is 1. The van der Waals surface area contributed by atoms with Crippen LogP contribution in [0.3, 0.4) is 0 Å². The molecule has 0 saturated heterocycles. The van der Waals surface area contributed by atoms with E-state index in [-0.39, 0.29) is 0 Å². The zero-order valence-corrected chi connectivity index (χ0v) is 11.3. The van der Waals surface area contributed by atoms with Gasteiger partial charge in [-0.25, -0.2) is 0 Å². The van der Waals surface area contributed by atoms with E-state index >= 15 is 0 Å². The van der Waals surface area contributed by atoms with E-state index in [0.717, 1.165) is 23.7 Å². The van der Waals surface area contributed by atoms with E-state index in [1.165, 1.54) is 18.4 Å². The lowest BCUT2D eigenvalue weighted by Gasteiger charge is -2.24. The van der Waals surface area contributed by atoms with Gasteiger partial charge in [-0.3, -0.25) is 0 Å². The maximum Gasteiger partial charge on any atom is -0.0122 e. The van der Waals surface area contributed by atoms with Crippen molar-refractivity contribution in [2.45, 2.75) is 32.6 Å². The van der Waals surface area contributed by atoms with Crippen molar-refractivity contribution < 1.29 is 0 Å². The number of hydrogen-bond acceptors (Lipinski definition) is 0. The van der Waals surface area contributed by atoms with Crippen molar-refractivity contribution in [1.82, 2.24) is 0 Å². The van der Waals surface area contributed by atoms with Crippen molar-refractivity contribution in [2.75, 3.05) is 0 Å². The van der Waals surface area contributed by atoms with Gasteiger partial charge in [0.25, 0.3) is 0 Å². The number of benzene rings is 1. The van der Waals surface area contributed by atoms with Crippen LogP contribution in [0.25, 0.3) is 0 Å². The van der Waals surface area contributed by atoms with Gasteiger partial charge in [-0.1, -0.05) is 67.5 Å². The lowest BCUT2D eigenvalue weighted by atomic mass is 9.81. The molecule has 0 heteroatoms. The van der Waals surface area contributed by atoms with Crippen molar-refractivity contribution in [3.63, 3.8) is 0 Å². The smallest absolute Gasteiger partial charge is 0.0122 e. The Bertz CT molecular complexity index is 463. The van der Waals surface area contributed by atoms with E-state index < -0.39 is 0 Å². The molecule has 0 aromatic heterocycles. The molecule has 1 aromatic rings. The van der Waals surface area contributed by atoms with Gasteiger partial charge in [0.05, 0.1) is 0 Å². The molecule has 0 N–H and O–H groups in total. The molecule has 0 amide bonds. The Hall–Kier alpha value is -1.30. The van der Waals surface area contributed by atoms with Gasteiger partial charge in [-0.2, -0.15) is 0 Å². The average Bonchev–Trinajstić information content (AvgIpc) is 2.78. The summed E-state index contributed by atoms with van der Waals surface area (Å²) in [7, 11) is 0. The molecule has 94 valence electrons. The van der Waals surface area contributed by atoms with Crippen LogP contribution in [0.1, 0.15) is 36.8 Å². The summed E-state index contributed by atoms with van der Waals surface area (Å²) in [6.45, 7) is 4.52. The fourth-order valence-electron chi connectivity index (χ4n) is 3.86. The minimum absolute atomic E-state index is 0.748. The summed E-state index contributed by atoms with van der Waals surface area (Å²) >= 11 is 0. The SMILES string of the molecule is CCC1C(c2ccc(C)cc2)CC2C=CC=CC21. The predicted octanol–water partition coefficient (Wildman–Crippen LogP) is 4.87. The zero-order chi connectivity index (χ0) is 12.5. The maximum absolute atomic E-state index is 2.44. The van der Waals surface area contributed by atoms with Crippen LogP contribution >= 0.6 is 0 Å². The molecule has 0 radical (unpaired) electrons. The van der Waals surface area contributed by atoms with Crippen molar-refractivity contribution in [2.24, 2.45) is 17.8 Å². The highest BCUT2D eigenvalue weighted by Crippen LogP contribution is 2.50. The van der Waals surface area contributed by atoms with Gasteiger partial charge in [-0.15, -0.1) is 0 Å². The summed E-state index contributed by atoms with van der Waals surface area (Å²) in [5.74, 6) is 3.11. The molecular formula is C18H22. The van der Waals surface area contributed by atoms with Gasteiger partial charge in [0.1, 0.15) is 0 Å². The van der Waals surface area contributed by atoms with Gasteiger partial charge in [-0.05, 0) is 42.6 Å². The minimum Gasteiger partial charge on any atom is -0.0808 e. The Balaban J connectivity index is 1.90. The van der Waals surface area contributed by atoms with Crippen molar-refractivity contribution in [3.05, 3.63) is 59.7 Å². The van der Waals surface area contributed by atoms with E-state index in [0.29, 0.717) is 0 Å². The van der Waals surface area contributed by atoms with Crippen LogP contribution in [0.4, 0.5) is 0 Å². The summed E-state index contributed by atoms with van der Waals surface area (Å²) in [5, 5.41) is 0. The van der Waals surface area contributed by atoms with E-state index in [1.807, 2.05) is 0 Å². The summed E-state index contributed by atoms with van der Waals surface area (Å²) in [5.41, 5.74) is 2.91. The van der Waals surface area contributed by atoms with Crippen LogP contribution < -0.4 is 0 Å². The first kappa shape index (κ1) is 11.8. The first-order valence-electron chi connectivity index (χ1n) is 7.21. The monoisotopic (exact) mass is 238 g/mol. The van der Waals surface area contributed by atoms with Crippen molar-refractivity contribution in [1.29, 1.82) is 0 Å². The second-order valence-electron chi connectivity index (χ2n) is 5.84. The highest BCUT2D eigenvalue weighted by atomic mass is 14.4. The molecule has 3 rings (SSSR count). The van der Waals surface area contributed by atoms with Crippen LogP contribution in [-0.4, -0.2) is 0 Å². The van der Waals surface area contributed by atoms with Gasteiger partial charge in [0, 0.05) is 0 Å². The largest absolute Gasteiger partial charge is 0.0808 e. The first-order chi connectivity index (χ1) is 8.79. The number of fused-ring (bicyclic) bond motifs is 1. The normalized spacial score (nSPS) is 33.7. The van der Waals surface area contributed by atoms with Crippen LogP contribution in [0.5, 0.6) is 0 Å². The van der Waals surface area contributed by atoms with Crippen molar-refractivity contribution >= 4 is 0 Å². The molecule has 0 bridgehead atoms. The Morgan fingerprint density at radius 2 is 1.78 bits per heavy atom. The number of hydrogen-bond donors (Lipinski definition) is 0. The van der Waals surface area contributed by atoms with E-state index in [1.54, 1.807) is 5.56 Å². The van der Waals surface area contributed by atoms with Gasteiger partial charge in [0.2, 0.25) is 0 Å². The van der Waals surface area contributed by atoms with E-state index in [4.69, 9.17) is 0 Å². The lowest BCUT2D eigenvalue weighted by Crippen LogP contribution is -2.14. The molecule has 2 aliphatic rings. The molecule has 1 saturated carbocycles. The maximum atomic E-state index is 2.44. The van der Waals surface area contributed by atoms with Gasteiger partial charge < -0.3 is 0 Å². The van der Waals surface area contributed by atoms with Crippen LogP contribution in [0, 0.1) is 24.7 Å². The highest BCUT2D eigenvalue weighted by molar-refractivity contribution is 5.29. The summed E-state index contributed by atoms with van der Waals surface area (Å²) in [4.78, 5) is 0. The third kappa shape index (κ3) is 1.94. The summed E-state index contributed by atoms with van der Waals surface area (Å²) < 4.78 is 0. The molecule has 4 atom stereocenters. The summed E-state index contributed by atoms with van der Waals surface area (Å²) in [6, 6.07) is 9.20. The van der Waals surface area contributed by atoms with E-state index in [9.17, 15) is 0 Å². The molecule has 0 heterocycles. The van der Waals surface area contributed by atoms with Crippen LogP contribution in [0.15, 0.2) is 48.6 Å². The molecule has 1 aromatic carbocycles. The standard InChI is InChI=1S/C18H22/c1-3-16-17-7-5-4-6-15(17)12-18(16)14-10-8-13(2)9-11-14/h4-11,15-18H,3,12H2,1-2H3. The second kappa shape index (κ2) is 4.76. The Morgan fingerprint density at radius 3 is 2.50 bits per heavy atom. The molecule has 0 aliphatic heterocycles. The summed E-state index contributed by atoms with van der Waals surface area (Å²) in [6.07, 6.45) is 11.9. The van der Waals surface area contributed by atoms with Crippen LogP contribution in [0.2, 0.25) is 0 Å². The first-order valence-corrected chi connectivity index (χ1v) is 7.21. The quantitative estimate of drug-likeness (QED) is 0.689. The molecular weight excluding hydrogens is 216 g/mol. The molecule has 4 unspecified atom stereocenters. The topological polar surface area (TPSA) is 0 Å². The molecule has 0 spiro atoms. The van der Waals surface area contributed by atoms with Crippen molar-refractivity contribution in [3.8, 4) is 0 Å². The lowest BCUT2D eigenvalue weighted by molar-refractivity contribution is 0.384. The Kier molecular flexibility index (Phi) is 3.11. The third-order valence-corrected chi connectivity index (χ3v) is 4.81. The van der Waals surface area contributed by atoms with Gasteiger partial charge in [0.15, 0.2) is 0 Å². The van der Waals surface area contributed by atoms with Gasteiger partial charge >= 0.3 is 0 Å². The number of allylic oxidation sites excluding steroid dienone is 4. The predicted molar refractivity (Wildman–Crippen MR) is 77.6 cm³/mol. The highest BCUT2D eigenvalue weighted by Gasteiger charge is 2.40. The second-order valence-corrected chi connectivity index (χ2v) is 5.84. The van der Waals surface area contributed by atoms with E-state index in [2.05, 4.69) is 62.4 Å². The fourth-order valence-corrected chi connectivity index (χ4v) is 3.86. The fraction of sp³-hybridized carbons (Fsp3) is 0.444. The molecule has 1 fully saturated rings. The average molecular weight is 238 g/mol. The molecule has 18 heavy (non-hydrogen) atoms.